The molecule has 9 heteroatoms. The number of piperidine rings is 1. The SMILES string of the molecule is O=C(Cc1c(F)cc(OCCC2CC2C2CCN(c3ncc(Cl)cn3)CC2)cc1F)N1CCC1. The van der Waals surface area contributed by atoms with Gasteiger partial charge < -0.3 is 14.5 Å². The third kappa shape index (κ3) is 5.27. The van der Waals surface area contributed by atoms with Crippen molar-refractivity contribution in [1.29, 1.82) is 0 Å². The van der Waals surface area contributed by atoms with Gasteiger partial charge in [-0.3, -0.25) is 4.79 Å². The summed E-state index contributed by atoms with van der Waals surface area (Å²) in [6.07, 6.45) is 8.25. The van der Waals surface area contributed by atoms with Gasteiger partial charge in [-0.05, 0) is 49.9 Å². The van der Waals surface area contributed by atoms with Crippen LogP contribution in [0.25, 0.3) is 0 Å². The molecule has 0 radical (unpaired) electrons. The number of anilines is 1. The molecule has 0 bridgehead atoms. The summed E-state index contributed by atoms with van der Waals surface area (Å²) < 4.78 is 34.5. The maximum Gasteiger partial charge on any atom is 0.227 e. The average Bonchev–Trinajstić information content (AvgIpc) is 3.55. The van der Waals surface area contributed by atoms with E-state index < -0.39 is 11.6 Å². The zero-order valence-corrected chi connectivity index (χ0v) is 19.8. The Kier molecular flexibility index (Phi) is 6.86. The quantitative estimate of drug-likeness (QED) is 0.545. The van der Waals surface area contributed by atoms with Crippen molar-refractivity contribution in [1.82, 2.24) is 14.9 Å². The molecule has 1 saturated carbocycles. The molecular weight excluding hydrogens is 462 g/mol. The summed E-state index contributed by atoms with van der Waals surface area (Å²) in [4.78, 5) is 24.5. The van der Waals surface area contributed by atoms with Crippen LogP contribution in [0, 0.1) is 29.4 Å². The van der Waals surface area contributed by atoms with Crippen LogP contribution in [-0.4, -0.2) is 53.6 Å². The normalized spacial score (nSPS) is 22.4. The standard InChI is InChI=1S/C25H29ClF2N4O2/c26-18-14-29-25(30-15-18)32-7-2-16(3-8-32)20-10-17(20)4-9-34-19-11-22(27)21(23(28)12-19)13-24(33)31-5-1-6-31/h11-12,14-17,20H,1-10,13H2. The summed E-state index contributed by atoms with van der Waals surface area (Å²) in [6, 6.07) is 2.39. The van der Waals surface area contributed by atoms with Crippen LogP contribution in [0.3, 0.4) is 0 Å². The molecule has 2 unspecified atom stereocenters. The second-order valence-electron chi connectivity index (χ2n) is 9.60. The van der Waals surface area contributed by atoms with Gasteiger partial charge in [0.05, 0.1) is 30.4 Å². The van der Waals surface area contributed by atoms with Crippen molar-refractivity contribution < 1.29 is 18.3 Å². The highest BCUT2D eigenvalue weighted by Crippen LogP contribution is 2.49. The van der Waals surface area contributed by atoms with Gasteiger partial charge in [-0.2, -0.15) is 0 Å². The highest BCUT2D eigenvalue weighted by Gasteiger charge is 2.43. The molecule has 1 aliphatic carbocycles. The number of nitrogens with zero attached hydrogens (tertiary/aromatic N) is 4. The molecule has 2 aliphatic heterocycles. The second kappa shape index (κ2) is 10.0. The minimum Gasteiger partial charge on any atom is -0.493 e. The number of aromatic nitrogens is 2. The van der Waals surface area contributed by atoms with Gasteiger partial charge in [-0.25, -0.2) is 18.7 Å². The predicted octanol–water partition coefficient (Wildman–Crippen LogP) is 4.50. The summed E-state index contributed by atoms with van der Waals surface area (Å²) in [7, 11) is 0. The summed E-state index contributed by atoms with van der Waals surface area (Å²) in [5, 5.41) is 0.542. The van der Waals surface area contributed by atoms with Crippen molar-refractivity contribution in [3.63, 3.8) is 0 Å². The van der Waals surface area contributed by atoms with Gasteiger partial charge in [0.15, 0.2) is 0 Å². The highest BCUT2D eigenvalue weighted by molar-refractivity contribution is 6.30. The van der Waals surface area contributed by atoms with Crippen molar-refractivity contribution in [3.05, 3.63) is 46.7 Å². The summed E-state index contributed by atoms with van der Waals surface area (Å²) >= 11 is 5.87. The number of ether oxygens (including phenoxy) is 1. The maximum absolute atomic E-state index is 14.4. The first-order chi connectivity index (χ1) is 16.5. The monoisotopic (exact) mass is 490 g/mol. The Labute approximate surface area is 203 Å². The van der Waals surface area contributed by atoms with Crippen LogP contribution < -0.4 is 9.64 Å². The smallest absolute Gasteiger partial charge is 0.227 e. The lowest BCUT2D eigenvalue weighted by Gasteiger charge is -2.32. The van der Waals surface area contributed by atoms with E-state index in [1.165, 1.54) is 18.6 Å². The number of rotatable bonds is 8. The van der Waals surface area contributed by atoms with Crippen molar-refractivity contribution in [2.24, 2.45) is 17.8 Å². The number of hydrogen-bond donors (Lipinski definition) is 0. The fourth-order valence-electron chi connectivity index (χ4n) is 5.17. The maximum atomic E-state index is 14.4. The third-order valence-corrected chi connectivity index (χ3v) is 7.62. The van der Waals surface area contributed by atoms with E-state index in [1.54, 1.807) is 17.3 Å². The first kappa shape index (κ1) is 23.3. The molecule has 2 atom stereocenters. The van der Waals surface area contributed by atoms with Crippen molar-refractivity contribution in [2.75, 3.05) is 37.7 Å². The van der Waals surface area contributed by atoms with Gasteiger partial charge in [-0.1, -0.05) is 11.6 Å². The number of hydrogen-bond acceptors (Lipinski definition) is 5. The van der Waals surface area contributed by atoms with Crippen LogP contribution in [0.1, 0.15) is 37.7 Å². The molecule has 3 fully saturated rings. The lowest BCUT2D eigenvalue weighted by molar-refractivity contribution is -0.133. The highest BCUT2D eigenvalue weighted by atomic mass is 35.5. The van der Waals surface area contributed by atoms with E-state index in [1.807, 2.05) is 0 Å². The summed E-state index contributed by atoms with van der Waals surface area (Å²) in [5.41, 5.74) is -0.179. The molecule has 1 amide bonds. The van der Waals surface area contributed by atoms with E-state index in [0.29, 0.717) is 42.5 Å². The number of carbonyl (C=O) groups is 1. The molecule has 0 N–H and O–H groups in total. The average molecular weight is 491 g/mol. The lowest BCUT2D eigenvalue weighted by Crippen LogP contribution is -2.43. The predicted molar refractivity (Wildman–Crippen MR) is 125 cm³/mol. The Morgan fingerprint density at radius 2 is 1.76 bits per heavy atom. The Morgan fingerprint density at radius 1 is 1.09 bits per heavy atom. The van der Waals surface area contributed by atoms with Gasteiger partial charge in [0.1, 0.15) is 17.4 Å². The van der Waals surface area contributed by atoms with Gasteiger partial charge in [0.2, 0.25) is 11.9 Å². The van der Waals surface area contributed by atoms with E-state index in [4.69, 9.17) is 16.3 Å². The van der Waals surface area contributed by atoms with Gasteiger partial charge in [-0.15, -0.1) is 0 Å². The van der Waals surface area contributed by atoms with Crippen LogP contribution in [0.15, 0.2) is 24.5 Å². The molecule has 3 heterocycles. The number of halogens is 3. The van der Waals surface area contributed by atoms with Gasteiger partial charge in [0, 0.05) is 43.9 Å². The molecule has 1 aromatic heterocycles. The summed E-state index contributed by atoms with van der Waals surface area (Å²) in [6.45, 7) is 3.65. The van der Waals surface area contributed by atoms with Crippen LogP contribution in [-0.2, 0) is 11.2 Å². The van der Waals surface area contributed by atoms with Gasteiger partial charge in [0.25, 0.3) is 0 Å². The molecule has 2 saturated heterocycles. The third-order valence-electron chi connectivity index (χ3n) is 7.42. The zero-order chi connectivity index (χ0) is 23.7. The van der Waals surface area contributed by atoms with E-state index in [0.717, 1.165) is 44.7 Å². The number of benzene rings is 1. The Bertz CT molecular complexity index is 1000. The van der Waals surface area contributed by atoms with E-state index in [9.17, 15) is 13.6 Å². The number of likely N-dealkylation sites (tertiary alicyclic amines) is 1. The molecular formula is C25H29ClF2N4O2. The Balaban J connectivity index is 1.05. The van der Waals surface area contributed by atoms with E-state index in [2.05, 4.69) is 14.9 Å². The zero-order valence-electron chi connectivity index (χ0n) is 19.1. The summed E-state index contributed by atoms with van der Waals surface area (Å²) in [5.74, 6) is 1.24. The van der Waals surface area contributed by atoms with Crippen LogP contribution in [0.5, 0.6) is 5.75 Å². The topological polar surface area (TPSA) is 58.6 Å². The van der Waals surface area contributed by atoms with Crippen molar-refractivity contribution in [3.8, 4) is 5.75 Å². The van der Waals surface area contributed by atoms with Crippen LogP contribution in [0.2, 0.25) is 5.02 Å². The minimum absolute atomic E-state index is 0.179. The molecule has 1 aromatic carbocycles. The van der Waals surface area contributed by atoms with Crippen LogP contribution in [0.4, 0.5) is 14.7 Å². The van der Waals surface area contributed by atoms with Gasteiger partial charge >= 0.3 is 0 Å². The number of amides is 1. The first-order valence-corrected chi connectivity index (χ1v) is 12.5. The molecule has 182 valence electrons. The fourth-order valence-corrected chi connectivity index (χ4v) is 5.26. The van der Waals surface area contributed by atoms with E-state index in [-0.39, 0.29) is 23.6 Å². The second-order valence-corrected chi connectivity index (χ2v) is 10.0. The Morgan fingerprint density at radius 3 is 2.38 bits per heavy atom. The molecule has 0 spiro atoms. The first-order valence-electron chi connectivity index (χ1n) is 12.1. The molecule has 5 rings (SSSR count). The fraction of sp³-hybridized carbons (Fsp3) is 0.560. The lowest BCUT2D eigenvalue weighted by atomic mass is 9.90. The molecule has 6 nitrogen and oxygen atoms in total. The van der Waals surface area contributed by atoms with Crippen molar-refractivity contribution >= 4 is 23.5 Å². The molecule has 34 heavy (non-hydrogen) atoms. The molecule has 3 aliphatic rings. The van der Waals surface area contributed by atoms with Crippen molar-refractivity contribution in [2.45, 2.75) is 38.5 Å². The minimum atomic E-state index is -0.718. The van der Waals surface area contributed by atoms with Crippen LogP contribution >= 0.6 is 11.6 Å². The molecule has 2 aromatic rings. The largest absolute Gasteiger partial charge is 0.493 e. The van der Waals surface area contributed by atoms with E-state index >= 15 is 0 Å². The Hall–Kier alpha value is -2.48. The number of carbonyl (C=O) groups excluding carboxylic acids is 1.